The van der Waals surface area contributed by atoms with E-state index in [9.17, 15) is 51.9 Å². The molecule has 1 atom stereocenters. The summed E-state index contributed by atoms with van der Waals surface area (Å²) in [6, 6.07) is 16.4. The molecule has 0 amide bonds. The first-order valence-corrected chi connectivity index (χ1v) is 31.5. The third-order valence-electron chi connectivity index (χ3n) is 14.6. The average Bonchev–Trinajstić information content (AvgIpc) is 3.70. The molecule has 1 fully saturated rings. The van der Waals surface area contributed by atoms with E-state index in [1.54, 1.807) is 24.3 Å². The number of likely N-dealkylation sites (N-methyl/N-ethyl adjacent to an activating group) is 2. The second-order valence-corrected chi connectivity index (χ2v) is 26.5. The number of fused-ring (bicyclic) bond motifs is 6. The fourth-order valence-electron chi connectivity index (χ4n) is 11.2. The SMILES string of the molecule is C#CCOC1C/C(=C\C=C2/N(CCCCS(=O)(=O)O)c3ccc4cc(S(=O)(=O)O)ccc4c3C2(C)C)C(=[N+](CC)CCNCC)/C(=C/C=C2/N(CCCCS(=O)(=O)O)c3ccc4cc(S(=O)(=O)O)ccc4c3C2(C)C)C1. The standard InChI is InChI=1S/C55H68N4O13S4/c1-8-31-72-42-34-40(17-25-49-54(4,5)51-45-21-19-43(75(66,67)68)36-38(45)15-23-47(51)58(49)28-11-13-32-73(60,61)62)53(57(10-3)30-27-56-9-2)41(35-42)18-26-50-55(6,7)52-46-22-20-44(76(69,70)71)37-39(46)16-24-48(52)59(50)29-12-14-33-74(63,64)65/h1,15-26,36-37,42,56H,9-14,27-35H2,2-7H3,(H3-,60,61,62,63,64,65,66,67,68,69,70,71)/p+1. The molecular weight excluding hydrogens is 1050 g/mol. The van der Waals surface area contributed by atoms with Gasteiger partial charge in [-0.25, -0.2) is 4.58 Å². The second kappa shape index (κ2) is 23.0. The molecule has 0 radical (unpaired) electrons. The van der Waals surface area contributed by atoms with Crippen molar-refractivity contribution in [2.45, 2.75) is 107 Å². The molecule has 1 aliphatic carbocycles. The second-order valence-electron chi connectivity index (χ2n) is 20.5. The smallest absolute Gasteiger partial charge is 0.294 e. The molecule has 7 rings (SSSR count). The van der Waals surface area contributed by atoms with Crippen molar-refractivity contribution in [2.75, 3.05) is 67.2 Å². The van der Waals surface area contributed by atoms with Gasteiger partial charge in [0, 0.05) is 70.7 Å². The van der Waals surface area contributed by atoms with E-state index in [0.717, 1.165) is 68.1 Å². The summed E-state index contributed by atoms with van der Waals surface area (Å²) >= 11 is 0. The van der Waals surface area contributed by atoms with Gasteiger partial charge >= 0.3 is 0 Å². The molecule has 4 aromatic carbocycles. The van der Waals surface area contributed by atoms with E-state index in [1.165, 1.54) is 24.3 Å². The first-order valence-electron chi connectivity index (χ1n) is 25.4. The Kier molecular flexibility index (Phi) is 17.7. The van der Waals surface area contributed by atoms with Crippen molar-refractivity contribution < 1.29 is 61.2 Å². The van der Waals surface area contributed by atoms with Gasteiger partial charge in [-0.3, -0.25) is 18.2 Å². The number of nitrogens with one attached hydrogen (secondary N) is 1. The number of nitrogens with zero attached hydrogens (tertiary/aromatic N) is 3. The van der Waals surface area contributed by atoms with Crippen LogP contribution in [0.4, 0.5) is 11.4 Å². The van der Waals surface area contributed by atoms with Gasteiger partial charge in [-0.2, -0.15) is 33.7 Å². The Labute approximate surface area is 448 Å². The third kappa shape index (κ3) is 13.0. The summed E-state index contributed by atoms with van der Waals surface area (Å²) in [4.78, 5) is 3.82. The van der Waals surface area contributed by atoms with Crippen LogP contribution in [0.25, 0.3) is 21.5 Å². The van der Waals surface area contributed by atoms with E-state index in [0.29, 0.717) is 69.2 Å². The van der Waals surface area contributed by atoms with Crippen LogP contribution < -0.4 is 15.1 Å². The molecule has 0 spiro atoms. The highest BCUT2D eigenvalue weighted by molar-refractivity contribution is 7.86. The number of hydrogen-bond acceptors (Lipinski definition) is 12. The lowest BCUT2D eigenvalue weighted by molar-refractivity contribution is -0.522. The zero-order valence-corrected chi connectivity index (χ0v) is 47.0. The first kappa shape index (κ1) is 58.4. The molecule has 3 aliphatic rings. The summed E-state index contributed by atoms with van der Waals surface area (Å²) in [5.74, 6) is 1.82. The highest BCUT2D eigenvalue weighted by Gasteiger charge is 2.43. The Hall–Kier alpha value is -5.25. The van der Waals surface area contributed by atoms with Crippen molar-refractivity contribution in [2.24, 2.45) is 0 Å². The van der Waals surface area contributed by atoms with Gasteiger partial charge in [0.05, 0.1) is 33.9 Å². The molecule has 2 aliphatic heterocycles. The maximum atomic E-state index is 12.2. The predicted octanol–water partition coefficient (Wildman–Crippen LogP) is 8.23. The van der Waals surface area contributed by atoms with Crippen LogP contribution in [0.1, 0.15) is 91.2 Å². The van der Waals surface area contributed by atoms with Gasteiger partial charge < -0.3 is 19.9 Å². The molecule has 1 saturated carbocycles. The quantitative estimate of drug-likeness (QED) is 0.0228. The van der Waals surface area contributed by atoms with Crippen LogP contribution >= 0.6 is 0 Å². The molecule has 1 unspecified atom stereocenters. The van der Waals surface area contributed by atoms with Crippen molar-refractivity contribution in [3.63, 3.8) is 0 Å². The summed E-state index contributed by atoms with van der Waals surface area (Å²) in [5.41, 5.74) is 6.79. The van der Waals surface area contributed by atoms with Gasteiger partial charge in [0.15, 0.2) is 6.54 Å². The largest absolute Gasteiger partial charge is 0.365 e. The number of rotatable bonds is 21. The van der Waals surface area contributed by atoms with Gasteiger partial charge in [-0.15, -0.1) is 6.42 Å². The lowest BCUT2D eigenvalue weighted by Gasteiger charge is -2.29. The summed E-state index contributed by atoms with van der Waals surface area (Å²) in [7, 11) is -17.4. The van der Waals surface area contributed by atoms with E-state index in [1.807, 2.05) is 19.1 Å². The van der Waals surface area contributed by atoms with Crippen LogP contribution in [0.5, 0.6) is 0 Å². The van der Waals surface area contributed by atoms with Gasteiger partial charge in [-0.05, 0) is 120 Å². The van der Waals surface area contributed by atoms with E-state index < -0.39 is 62.8 Å². The zero-order chi connectivity index (χ0) is 55.6. The fraction of sp³-hybridized carbons (Fsp3) is 0.436. The van der Waals surface area contributed by atoms with Crippen LogP contribution in [0.2, 0.25) is 0 Å². The molecule has 76 heavy (non-hydrogen) atoms. The van der Waals surface area contributed by atoms with Crippen molar-refractivity contribution >= 4 is 79.1 Å². The number of benzene rings is 4. The number of allylic oxidation sites excluding steroid dienone is 6. The average molecular weight is 1120 g/mol. The molecular formula is C55H69N4O13S4+. The topological polar surface area (TPSA) is 248 Å². The minimum Gasteiger partial charge on any atom is -0.365 e. The van der Waals surface area contributed by atoms with Gasteiger partial charge in [-0.1, -0.05) is 77.0 Å². The highest BCUT2D eigenvalue weighted by atomic mass is 32.2. The maximum Gasteiger partial charge on any atom is 0.294 e. The Morgan fingerprint density at radius 1 is 0.671 bits per heavy atom. The zero-order valence-electron chi connectivity index (χ0n) is 43.8. The van der Waals surface area contributed by atoms with E-state index in [4.69, 9.17) is 11.2 Å². The highest BCUT2D eigenvalue weighted by Crippen LogP contribution is 2.53. The van der Waals surface area contributed by atoms with E-state index >= 15 is 0 Å². The van der Waals surface area contributed by atoms with E-state index in [-0.39, 0.29) is 35.3 Å². The first-order chi connectivity index (χ1) is 35.6. The van der Waals surface area contributed by atoms with Crippen LogP contribution in [0, 0.1) is 12.3 Å². The van der Waals surface area contributed by atoms with Crippen LogP contribution in [0.3, 0.4) is 0 Å². The molecule has 0 bridgehead atoms. The lowest BCUT2D eigenvalue weighted by Crippen LogP contribution is -2.36. The van der Waals surface area contributed by atoms with Gasteiger partial charge in [0.25, 0.3) is 40.5 Å². The van der Waals surface area contributed by atoms with E-state index in [2.05, 4.69) is 84.5 Å². The predicted molar refractivity (Wildman–Crippen MR) is 299 cm³/mol. The Balaban J connectivity index is 1.42. The van der Waals surface area contributed by atoms with Crippen LogP contribution in [-0.2, 0) is 56.0 Å². The monoisotopic (exact) mass is 1120 g/mol. The van der Waals surface area contributed by atoms with Crippen LogP contribution in [0.15, 0.2) is 117 Å². The summed E-state index contributed by atoms with van der Waals surface area (Å²) in [6.07, 6.45) is 16.0. The number of terminal acetylenes is 1. The van der Waals surface area contributed by atoms with Gasteiger partial charge in [0.1, 0.15) is 13.2 Å². The molecule has 0 saturated heterocycles. The van der Waals surface area contributed by atoms with Crippen molar-refractivity contribution in [1.82, 2.24) is 5.32 Å². The Morgan fingerprint density at radius 3 is 1.50 bits per heavy atom. The van der Waals surface area contributed by atoms with Gasteiger partial charge in [0.2, 0.25) is 5.71 Å². The minimum absolute atomic E-state index is 0.0682. The maximum absolute atomic E-state index is 12.2. The summed E-state index contributed by atoms with van der Waals surface area (Å²) in [5, 5.41) is 6.24. The van der Waals surface area contributed by atoms with Crippen molar-refractivity contribution in [1.29, 1.82) is 0 Å². The molecule has 21 heteroatoms. The lowest BCUT2D eigenvalue weighted by atomic mass is 9.80. The molecule has 5 N–H and O–H groups in total. The molecule has 410 valence electrons. The Bertz CT molecular complexity index is 3380. The number of anilines is 2. The molecule has 4 aromatic rings. The molecule has 0 aromatic heterocycles. The number of unbranched alkanes of at least 4 members (excludes halogenated alkanes) is 2. The molecule has 17 nitrogen and oxygen atoms in total. The van der Waals surface area contributed by atoms with Crippen molar-refractivity contribution in [3.8, 4) is 12.3 Å². The third-order valence-corrected chi connectivity index (χ3v) is 17.9. The Morgan fingerprint density at radius 2 is 1.12 bits per heavy atom. The fourth-order valence-corrected chi connectivity index (χ4v) is 13.3. The summed E-state index contributed by atoms with van der Waals surface area (Å²) < 4.78 is 144. The minimum atomic E-state index is -4.49. The van der Waals surface area contributed by atoms with Crippen molar-refractivity contribution in [3.05, 3.63) is 119 Å². The van der Waals surface area contributed by atoms with Crippen LogP contribution in [-0.4, -0.2) is 126 Å². The molecule has 2 heterocycles. The number of ether oxygens (including phenoxy) is 1. The normalized spacial score (nSPS) is 20.6. The number of hydrogen-bond donors (Lipinski definition) is 5. The summed E-state index contributed by atoms with van der Waals surface area (Å²) in [6.45, 7) is 16.0.